The fraction of sp³-hybridized carbons (Fsp3) is 0.684. The smallest absolute Gasteiger partial charge is 0.254 e. The van der Waals surface area contributed by atoms with Crippen molar-refractivity contribution in [3.63, 3.8) is 0 Å². The summed E-state index contributed by atoms with van der Waals surface area (Å²) in [4.78, 5) is 30.7. The molecule has 1 aliphatic heterocycles. The normalized spacial score (nSPS) is 22.2. The highest BCUT2D eigenvalue weighted by atomic mass is 32.1. The van der Waals surface area contributed by atoms with Crippen LogP contribution in [0.5, 0.6) is 0 Å². The van der Waals surface area contributed by atoms with Gasteiger partial charge in [-0.2, -0.15) is 0 Å². The summed E-state index contributed by atoms with van der Waals surface area (Å²) in [7, 11) is 0. The van der Waals surface area contributed by atoms with Gasteiger partial charge in [-0.15, -0.1) is 11.3 Å². The largest absolute Gasteiger partial charge is 0.337 e. The van der Waals surface area contributed by atoms with E-state index in [4.69, 9.17) is 0 Å². The van der Waals surface area contributed by atoms with Crippen molar-refractivity contribution < 1.29 is 9.59 Å². The molecule has 1 saturated heterocycles. The van der Waals surface area contributed by atoms with E-state index in [1.54, 1.807) is 11.3 Å². The quantitative estimate of drug-likeness (QED) is 0.818. The summed E-state index contributed by atoms with van der Waals surface area (Å²) in [5, 5.41) is 1.96. The third-order valence-corrected chi connectivity index (χ3v) is 6.26. The predicted octanol–water partition coefficient (Wildman–Crippen LogP) is 3.42. The first-order valence-corrected chi connectivity index (χ1v) is 10.0. The fourth-order valence-corrected chi connectivity index (χ4v) is 4.22. The molecule has 1 aromatic heterocycles. The maximum atomic E-state index is 12.9. The molecule has 0 unspecified atom stereocenters. The Morgan fingerprint density at radius 3 is 2.71 bits per heavy atom. The minimum absolute atomic E-state index is 0.0812. The second-order valence-electron chi connectivity index (χ2n) is 7.46. The number of hydrogen-bond donors (Lipinski definition) is 0. The summed E-state index contributed by atoms with van der Waals surface area (Å²) in [6.45, 7) is 8.50. The number of rotatable bonds is 5. The van der Waals surface area contributed by atoms with E-state index in [0.717, 1.165) is 18.5 Å². The first-order valence-electron chi connectivity index (χ1n) is 9.15. The Hall–Kier alpha value is -1.36. The van der Waals surface area contributed by atoms with Gasteiger partial charge < -0.3 is 9.80 Å². The highest BCUT2D eigenvalue weighted by Crippen LogP contribution is 2.32. The van der Waals surface area contributed by atoms with Crippen molar-refractivity contribution in [3.05, 3.63) is 21.9 Å². The zero-order valence-electron chi connectivity index (χ0n) is 15.0. The lowest BCUT2D eigenvalue weighted by molar-refractivity contribution is -0.133. The van der Waals surface area contributed by atoms with Crippen molar-refractivity contribution in [3.8, 4) is 0 Å². The molecule has 2 fully saturated rings. The van der Waals surface area contributed by atoms with Gasteiger partial charge in [0.15, 0.2) is 0 Å². The van der Waals surface area contributed by atoms with Crippen LogP contribution in [0.4, 0.5) is 0 Å². The Morgan fingerprint density at radius 2 is 2.12 bits per heavy atom. The number of aryl methyl sites for hydroxylation is 1. The van der Waals surface area contributed by atoms with Gasteiger partial charge in [0.05, 0.1) is 11.6 Å². The molecule has 0 aromatic carbocycles. The van der Waals surface area contributed by atoms with Crippen LogP contribution >= 0.6 is 11.3 Å². The number of carbonyl (C=O) groups excluding carboxylic acids is 2. The standard InChI is InChI=1S/C19H28N2O2S/c1-4-16-9-15(12-24-16)19(23)20-8-7-18(22)21(10-14-5-6-14)17(11-20)13(2)3/h9,12-14,17H,4-8,10-11H2,1-3H3/t17-/m1/s1. The number of amides is 2. The van der Waals surface area contributed by atoms with Crippen LogP contribution in [0.25, 0.3) is 0 Å². The Morgan fingerprint density at radius 1 is 1.38 bits per heavy atom. The molecule has 0 N–H and O–H groups in total. The highest BCUT2D eigenvalue weighted by Gasteiger charge is 2.36. The number of carbonyl (C=O) groups is 2. The molecule has 4 nitrogen and oxygen atoms in total. The molecule has 2 heterocycles. The van der Waals surface area contributed by atoms with Gasteiger partial charge >= 0.3 is 0 Å². The molecule has 2 amide bonds. The van der Waals surface area contributed by atoms with Crippen LogP contribution in [0.3, 0.4) is 0 Å². The Kier molecular flexibility index (Phi) is 5.28. The molecule has 2 aliphatic rings. The lowest BCUT2D eigenvalue weighted by Gasteiger charge is -2.34. The predicted molar refractivity (Wildman–Crippen MR) is 97.3 cm³/mol. The molecule has 1 atom stereocenters. The van der Waals surface area contributed by atoms with E-state index in [0.29, 0.717) is 31.3 Å². The molecular formula is C19H28N2O2S. The molecular weight excluding hydrogens is 320 g/mol. The third kappa shape index (κ3) is 3.82. The zero-order chi connectivity index (χ0) is 17.3. The number of hydrogen-bond acceptors (Lipinski definition) is 3. The van der Waals surface area contributed by atoms with E-state index >= 15 is 0 Å². The minimum atomic E-state index is 0.0812. The second-order valence-corrected chi connectivity index (χ2v) is 8.45. The first-order chi connectivity index (χ1) is 11.5. The lowest BCUT2D eigenvalue weighted by Crippen LogP contribution is -2.48. The third-order valence-electron chi connectivity index (χ3n) is 5.18. The van der Waals surface area contributed by atoms with Crippen molar-refractivity contribution in [2.24, 2.45) is 11.8 Å². The molecule has 24 heavy (non-hydrogen) atoms. The van der Waals surface area contributed by atoms with Crippen molar-refractivity contribution >= 4 is 23.2 Å². The molecule has 0 radical (unpaired) electrons. The van der Waals surface area contributed by atoms with Crippen molar-refractivity contribution in [2.75, 3.05) is 19.6 Å². The number of nitrogens with zero attached hydrogens (tertiary/aromatic N) is 2. The Balaban J connectivity index is 1.77. The first kappa shape index (κ1) is 17.5. The molecule has 3 rings (SSSR count). The summed E-state index contributed by atoms with van der Waals surface area (Å²) >= 11 is 1.65. The molecule has 0 spiro atoms. The summed E-state index contributed by atoms with van der Waals surface area (Å²) in [5.41, 5.74) is 0.780. The van der Waals surface area contributed by atoms with Crippen LogP contribution in [0, 0.1) is 11.8 Å². The SMILES string of the molecule is CCc1cc(C(=O)N2CCC(=O)N(CC3CC3)[C@@H](C(C)C)C2)cs1. The van der Waals surface area contributed by atoms with Crippen molar-refractivity contribution in [1.82, 2.24) is 9.80 Å². The van der Waals surface area contributed by atoms with Crippen LogP contribution in [0.15, 0.2) is 11.4 Å². The lowest BCUT2D eigenvalue weighted by atomic mass is 10.0. The molecule has 0 bridgehead atoms. The summed E-state index contributed by atoms with van der Waals surface area (Å²) in [6, 6.07) is 2.14. The fourth-order valence-electron chi connectivity index (χ4n) is 3.41. The van der Waals surface area contributed by atoms with Gasteiger partial charge in [0.2, 0.25) is 5.91 Å². The van der Waals surface area contributed by atoms with Crippen LogP contribution in [0.1, 0.15) is 55.3 Å². The zero-order valence-corrected chi connectivity index (χ0v) is 15.8. The van der Waals surface area contributed by atoms with Crippen LogP contribution in [-0.2, 0) is 11.2 Å². The van der Waals surface area contributed by atoms with Gasteiger partial charge in [-0.05, 0) is 37.2 Å². The van der Waals surface area contributed by atoms with Crippen molar-refractivity contribution in [2.45, 2.75) is 52.5 Å². The summed E-state index contributed by atoms with van der Waals surface area (Å²) in [6.07, 6.45) is 3.89. The van der Waals surface area contributed by atoms with E-state index in [1.807, 2.05) is 16.3 Å². The Labute approximate surface area is 148 Å². The molecule has 1 saturated carbocycles. The van der Waals surface area contributed by atoms with Gasteiger partial charge in [0.1, 0.15) is 0 Å². The average molecular weight is 349 g/mol. The van der Waals surface area contributed by atoms with E-state index in [1.165, 1.54) is 17.7 Å². The van der Waals surface area contributed by atoms with Gasteiger partial charge in [-0.3, -0.25) is 9.59 Å². The second kappa shape index (κ2) is 7.26. The Bertz CT molecular complexity index is 606. The van der Waals surface area contributed by atoms with Gasteiger partial charge in [0, 0.05) is 36.3 Å². The van der Waals surface area contributed by atoms with Crippen molar-refractivity contribution in [1.29, 1.82) is 0 Å². The molecule has 5 heteroatoms. The van der Waals surface area contributed by atoms with Crippen LogP contribution < -0.4 is 0 Å². The molecule has 132 valence electrons. The van der Waals surface area contributed by atoms with Crippen LogP contribution in [-0.4, -0.2) is 47.3 Å². The minimum Gasteiger partial charge on any atom is -0.337 e. The summed E-state index contributed by atoms with van der Waals surface area (Å²) in [5.74, 6) is 1.34. The maximum absolute atomic E-state index is 12.9. The van der Waals surface area contributed by atoms with Gasteiger partial charge in [0.25, 0.3) is 5.91 Å². The van der Waals surface area contributed by atoms with Gasteiger partial charge in [-0.1, -0.05) is 20.8 Å². The number of thiophene rings is 1. The van der Waals surface area contributed by atoms with E-state index in [9.17, 15) is 9.59 Å². The van der Waals surface area contributed by atoms with E-state index in [2.05, 4.69) is 25.7 Å². The molecule has 1 aliphatic carbocycles. The highest BCUT2D eigenvalue weighted by molar-refractivity contribution is 7.10. The average Bonchev–Trinajstić information content (AvgIpc) is 3.28. The monoisotopic (exact) mass is 348 g/mol. The molecule has 1 aromatic rings. The van der Waals surface area contributed by atoms with Crippen LogP contribution in [0.2, 0.25) is 0 Å². The van der Waals surface area contributed by atoms with E-state index in [-0.39, 0.29) is 17.9 Å². The summed E-state index contributed by atoms with van der Waals surface area (Å²) < 4.78 is 0. The van der Waals surface area contributed by atoms with E-state index < -0.39 is 0 Å². The topological polar surface area (TPSA) is 40.6 Å². The van der Waals surface area contributed by atoms with Gasteiger partial charge in [-0.25, -0.2) is 0 Å². The maximum Gasteiger partial charge on any atom is 0.254 e.